The minimum Gasteiger partial charge on any atom is -0.466 e. The second kappa shape index (κ2) is 8.23. The van der Waals surface area contributed by atoms with E-state index in [0.717, 1.165) is 0 Å². The number of ether oxygens (including phenoxy) is 1. The van der Waals surface area contributed by atoms with Gasteiger partial charge in [0.2, 0.25) is 0 Å². The molecule has 0 aliphatic rings. The monoisotopic (exact) mass is 243 g/mol. The number of nitrogens with zero attached hydrogens (tertiary/aromatic N) is 1. The maximum absolute atomic E-state index is 11.6. The number of likely N-dealkylation sites (N-methyl/N-ethyl adjacent to an activating group) is 1. The lowest BCUT2D eigenvalue weighted by Gasteiger charge is -2.27. The summed E-state index contributed by atoms with van der Waals surface area (Å²) in [6.45, 7) is 8.89. The van der Waals surface area contributed by atoms with Gasteiger partial charge in [0.1, 0.15) is 5.78 Å². The smallest absolute Gasteiger partial charge is 0.306 e. The summed E-state index contributed by atoms with van der Waals surface area (Å²) in [5.74, 6) is 0.311. The van der Waals surface area contributed by atoms with Crippen LogP contribution in [0.3, 0.4) is 0 Å². The highest BCUT2D eigenvalue weighted by Crippen LogP contribution is 2.08. The standard InChI is InChI=1S/C13H25NO3/c1-6-17-13(16)8-7-12(15)9-14(5)11(4)10(2)3/h10-11H,6-9H2,1-5H3. The van der Waals surface area contributed by atoms with E-state index in [-0.39, 0.29) is 24.6 Å². The van der Waals surface area contributed by atoms with Crippen molar-refractivity contribution in [1.82, 2.24) is 4.90 Å². The number of rotatable bonds is 8. The molecule has 1 atom stereocenters. The summed E-state index contributed by atoms with van der Waals surface area (Å²) in [6, 6.07) is 0.363. The summed E-state index contributed by atoms with van der Waals surface area (Å²) in [6.07, 6.45) is 0.463. The first-order valence-electron chi connectivity index (χ1n) is 6.26. The molecule has 0 N–H and O–H groups in total. The summed E-state index contributed by atoms with van der Waals surface area (Å²) in [4.78, 5) is 24.8. The number of esters is 1. The van der Waals surface area contributed by atoms with Crippen molar-refractivity contribution in [3.63, 3.8) is 0 Å². The molecule has 0 saturated carbocycles. The number of carbonyl (C=O) groups excluding carboxylic acids is 2. The molecule has 0 aromatic carbocycles. The summed E-state index contributed by atoms with van der Waals surface area (Å²) in [7, 11) is 1.94. The predicted octanol–water partition coefficient (Wildman–Crippen LogP) is 1.88. The Balaban J connectivity index is 3.90. The molecule has 4 heteroatoms. The van der Waals surface area contributed by atoms with Crippen molar-refractivity contribution in [3.05, 3.63) is 0 Å². The van der Waals surface area contributed by atoms with Gasteiger partial charge in [-0.3, -0.25) is 14.5 Å². The van der Waals surface area contributed by atoms with E-state index in [1.807, 2.05) is 11.9 Å². The summed E-state index contributed by atoms with van der Waals surface area (Å²) in [5.41, 5.74) is 0. The highest BCUT2D eigenvalue weighted by Gasteiger charge is 2.16. The Hall–Kier alpha value is -0.900. The van der Waals surface area contributed by atoms with Gasteiger partial charge in [0.15, 0.2) is 0 Å². The average Bonchev–Trinajstić information content (AvgIpc) is 2.25. The molecule has 0 amide bonds. The second-order valence-corrected chi connectivity index (χ2v) is 4.74. The zero-order valence-corrected chi connectivity index (χ0v) is 11.7. The normalized spacial score (nSPS) is 12.9. The highest BCUT2D eigenvalue weighted by molar-refractivity contribution is 5.84. The Kier molecular flexibility index (Phi) is 7.79. The molecule has 0 radical (unpaired) electrons. The SMILES string of the molecule is CCOC(=O)CCC(=O)CN(C)C(C)C(C)C. The van der Waals surface area contributed by atoms with Crippen LogP contribution in [0.4, 0.5) is 0 Å². The van der Waals surface area contributed by atoms with Gasteiger partial charge in [0.05, 0.1) is 19.6 Å². The first-order chi connectivity index (χ1) is 7.88. The Morgan fingerprint density at radius 1 is 1.18 bits per heavy atom. The fraction of sp³-hybridized carbons (Fsp3) is 0.846. The van der Waals surface area contributed by atoms with Gasteiger partial charge in [-0.15, -0.1) is 0 Å². The Morgan fingerprint density at radius 3 is 2.24 bits per heavy atom. The largest absolute Gasteiger partial charge is 0.466 e. The van der Waals surface area contributed by atoms with E-state index in [2.05, 4.69) is 20.8 Å². The van der Waals surface area contributed by atoms with Crippen LogP contribution in [-0.4, -0.2) is 42.9 Å². The molecule has 0 heterocycles. The minimum absolute atomic E-state index is 0.0908. The van der Waals surface area contributed by atoms with Crippen LogP contribution >= 0.6 is 0 Å². The number of ketones is 1. The van der Waals surface area contributed by atoms with Crippen LogP contribution in [0, 0.1) is 5.92 Å². The van der Waals surface area contributed by atoms with Gasteiger partial charge < -0.3 is 4.74 Å². The van der Waals surface area contributed by atoms with Gasteiger partial charge in [-0.2, -0.15) is 0 Å². The first kappa shape index (κ1) is 16.1. The molecule has 0 aromatic rings. The van der Waals surface area contributed by atoms with Gasteiger partial charge in [-0.25, -0.2) is 0 Å². The third kappa shape index (κ3) is 7.10. The van der Waals surface area contributed by atoms with Crippen molar-refractivity contribution < 1.29 is 14.3 Å². The summed E-state index contributed by atoms with van der Waals surface area (Å²) >= 11 is 0. The predicted molar refractivity (Wildman–Crippen MR) is 67.8 cm³/mol. The molecule has 0 aromatic heterocycles. The topological polar surface area (TPSA) is 46.6 Å². The van der Waals surface area contributed by atoms with Crippen molar-refractivity contribution in [2.75, 3.05) is 20.2 Å². The van der Waals surface area contributed by atoms with Crippen LogP contribution in [0.25, 0.3) is 0 Å². The van der Waals surface area contributed by atoms with E-state index in [9.17, 15) is 9.59 Å². The van der Waals surface area contributed by atoms with E-state index in [0.29, 0.717) is 25.1 Å². The lowest BCUT2D eigenvalue weighted by atomic mass is 10.0. The molecule has 1 unspecified atom stereocenters. The quantitative estimate of drug-likeness (QED) is 0.611. The third-order valence-electron chi connectivity index (χ3n) is 3.00. The molecule has 17 heavy (non-hydrogen) atoms. The third-order valence-corrected chi connectivity index (χ3v) is 3.00. The Bertz CT molecular complexity index is 251. The summed E-state index contributed by atoms with van der Waals surface area (Å²) in [5, 5.41) is 0. The van der Waals surface area contributed by atoms with E-state index in [1.165, 1.54) is 0 Å². The average molecular weight is 243 g/mol. The maximum atomic E-state index is 11.6. The van der Waals surface area contributed by atoms with Crippen molar-refractivity contribution in [2.24, 2.45) is 5.92 Å². The molecule has 0 saturated heterocycles. The van der Waals surface area contributed by atoms with Gasteiger partial charge in [0, 0.05) is 12.5 Å². The Labute approximate surface area is 104 Å². The first-order valence-corrected chi connectivity index (χ1v) is 6.26. The molecule has 0 fully saturated rings. The lowest BCUT2D eigenvalue weighted by Crippen LogP contribution is -2.37. The van der Waals surface area contributed by atoms with Gasteiger partial charge in [-0.05, 0) is 26.8 Å². The van der Waals surface area contributed by atoms with Crippen molar-refractivity contribution >= 4 is 11.8 Å². The summed E-state index contributed by atoms with van der Waals surface area (Å²) < 4.78 is 4.78. The van der Waals surface area contributed by atoms with Crippen LogP contribution < -0.4 is 0 Å². The second-order valence-electron chi connectivity index (χ2n) is 4.74. The van der Waals surface area contributed by atoms with Crippen LogP contribution in [0.1, 0.15) is 40.5 Å². The van der Waals surface area contributed by atoms with Crippen molar-refractivity contribution in [1.29, 1.82) is 0 Å². The molecule has 0 aliphatic carbocycles. The van der Waals surface area contributed by atoms with E-state index in [4.69, 9.17) is 4.74 Å². The molecule has 0 aliphatic heterocycles. The molecule has 0 rings (SSSR count). The van der Waals surface area contributed by atoms with E-state index >= 15 is 0 Å². The molecular weight excluding hydrogens is 218 g/mol. The van der Waals surface area contributed by atoms with E-state index in [1.54, 1.807) is 6.92 Å². The van der Waals surface area contributed by atoms with Gasteiger partial charge in [0.25, 0.3) is 0 Å². The molecule has 4 nitrogen and oxygen atoms in total. The number of hydrogen-bond donors (Lipinski definition) is 0. The number of Topliss-reactive ketones (excluding diaryl/α,β-unsaturated/α-hetero) is 1. The van der Waals surface area contributed by atoms with E-state index < -0.39 is 0 Å². The fourth-order valence-electron chi connectivity index (χ4n) is 1.48. The molecule has 0 bridgehead atoms. The highest BCUT2D eigenvalue weighted by atomic mass is 16.5. The molecule has 100 valence electrons. The Morgan fingerprint density at radius 2 is 1.76 bits per heavy atom. The van der Waals surface area contributed by atoms with Gasteiger partial charge in [-0.1, -0.05) is 13.8 Å². The molecule has 0 spiro atoms. The zero-order chi connectivity index (χ0) is 13.4. The number of carbonyl (C=O) groups is 2. The van der Waals surface area contributed by atoms with Crippen LogP contribution in [0.15, 0.2) is 0 Å². The zero-order valence-electron chi connectivity index (χ0n) is 11.7. The van der Waals surface area contributed by atoms with Gasteiger partial charge >= 0.3 is 5.97 Å². The fourth-order valence-corrected chi connectivity index (χ4v) is 1.48. The van der Waals surface area contributed by atoms with Crippen LogP contribution in [0.2, 0.25) is 0 Å². The maximum Gasteiger partial charge on any atom is 0.306 e. The number of hydrogen-bond acceptors (Lipinski definition) is 4. The lowest BCUT2D eigenvalue weighted by molar-refractivity contribution is -0.144. The minimum atomic E-state index is -0.291. The van der Waals surface area contributed by atoms with Crippen LogP contribution in [-0.2, 0) is 14.3 Å². The molecular formula is C13H25NO3. The van der Waals surface area contributed by atoms with Crippen molar-refractivity contribution in [2.45, 2.75) is 46.6 Å². The van der Waals surface area contributed by atoms with Crippen LogP contribution in [0.5, 0.6) is 0 Å². The van der Waals surface area contributed by atoms with Crippen molar-refractivity contribution in [3.8, 4) is 0 Å².